The monoisotopic (exact) mass is 294 g/mol. The fourth-order valence-corrected chi connectivity index (χ4v) is 3.46. The van der Waals surface area contributed by atoms with E-state index in [1.165, 1.54) is 6.07 Å². The van der Waals surface area contributed by atoms with E-state index in [1.807, 2.05) is 0 Å². The van der Waals surface area contributed by atoms with Crippen molar-refractivity contribution in [3.63, 3.8) is 0 Å². The molecule has 2 aliphatic rings. The Kier molecular flexibility index (Phi) is 3.93. The number of nitrogens with zero attached hydrogens (tertiary/aromatic N) is 1. The van der Waals surface area contributed by atoms with Crippen molar-refractivity contribution in [2.75, 3.05) is 19.6 Å². The van der Waals surface area contributed by atoms with Gasteiger partial charge in [0, 0.05) is 18.7 Å². The third-order valence-corrected chi connectivity index (χ3v) is 4.84. The summed E-state index contributed by atoms with van der Waals surface area (Å²) >= 11 is 0. The molecule has 21 heavy (non-hydrogen) atoms. The van der Waals surface area contributed by atoms with Gasteiger partial charge in [-0.15, -0.1) is 0 Å². The minimum absolute atomic E-state index is 0.172. The predicted molar refractivity (Wildman–Crippen MR) is 75.5 cm³/mol. The summed E-state index contributed by atoms with van der Waals surface area (Å²) in [6, 6.07) is 4.29. The summed E-state index contributed by atoms with van der Waals surface area (Å²) in [6.07, 6.45) is 3.58. The minimum Gasteiger partial charge on any atom is -0.356 e. The molecule has 5 heteroatoms. The van der Waals surface area contributed by atoms with E-state index in [4.69, 9.17) is 0 Å². The molecule has 0 radical (unpaired) electrons. The third kappa shape index (κ3) is 2.79. The molecule has 2 aliphatic heterocycles. The van der Waals surface area contributed by atoms with Gasteiger partial charge in [-0.2, -0.15) is 0 Å². The van der Waals surface area contributed by atoms with E-state index < -0.39 is 11.6 Å². The van der Waals surface area contributed by atoms with Gasteiger partial charge in [-0.25, -0.2) is 8.78 Å². The van der Waals surface area contributed by atoms with E-state index in [1.54, 1.807) is 6.07 Å². The van der Waals surface area contributed by atoms with Gasteiger partial charge in [-0.1, -0.05) is 12.1 Å². The molecule has 0 unspecified atom stereocenters. The average molecular weight is 294 g/mol. The molecule has 2 heterocycles. The maximum atomic E-state index is 13.7. The summed E-state index contributed by atoms with van der Waals surface area (Å²) in [7, 11) is 0. The van der Waals surface area contributed by atoms with Crippen molar-refractivity contribution in [1.82, 2.24) is 10.2 Å². The fourth-order valence-electron chi connectivity index (χ4n) is 3.46. The van der Waals surface area contributed by atoms with Gasteiger partial charge in [-0.05, 0) is 44.8 Å². The molecule has 1 aromatic carbocycles. The molecule has 0 aliphatic carbocycles. The molecule has 2 saturated heterocycles. The van der Waals surface area contributed by atoms with Gasteiger partial charge in [0.1, 0.15) is 0 Å². The molecule has 1 aromatic rings. The van der Waals surface area contributed by atoms with Crippen LogP contribution in [0, 0.1) is 17.0 Å². The number of carbonyl (C=O) groups is 1. The first-order valence-electron chi connectivity index (χ1n) is 7.54. The molecule has 2 fully saturated rings. The number of nitrogens with one attached hydrogen (secondary N) is 1. The van der Waals surface area contributed by atoms with Crippen LogP contribution in [0.15, 0.2) is 18.2 Å². The number of likely N-dealkylation sites (tertiary alicyclic amines) is 1. The van der Waals surface area contributed by atoms with Crippen molar-refractivity contribution in [3.8, 4) is 0 Å². The molecular weight excluding hydrogens is 274 g/mol. The quantitative estimate of drug-likeness (QED) is 0.909. The second-order valence-electron chi connectivity index (χ2n) is 6.13. The van der Waals surface area contributed by atoms with Crippen LogP contribution >= 0.6 is 0 Å². The van der Waals surface area contributed by atoms with E-state index in [9.17, 15) is 13.6 Å². The molecule has 1 spiro atoms. The highest BCUT2D eigenvalue weighted by molar-refractivity contribution is 5.83. The lowest BCUT2D eigenvalue weighted by molar-refractivity contribution is -0.136. The first kappa shape index (κ1) is 14.4. The van der Waals surface area contributed by atoms with Crippen molar-refractivity contribution in [2.24, 2.45) is 5.41 Å². The Morgan fingerprint density at radius 2 is 1.95 bits per heavy atom. The first-order valence-corrected chi connectivity index (χ1v) is 7.54. The summed E-state index contributed by atoms with van der Waals surface area (Å²) < 4.78 is 26.9. The van der Waals surface area contributed by atoms with Crippen molar-refractivity contribution < 1.29 is 13.6 Å². The minimum atomic E-state index is -0.798. The molecular formula is C16H20F2N2O. The van der Waals surface area contributed by atoms with Crippen LogP contribution in [-0.4, -0.2) is 30.4 Å². The Morgan fingerprint density at radius 3 is 2.67 bits per heavy atom. The number of hydrogen-bond donors (Lipinski definition) is 1. The zero-order chi connectivity index (χ0) is 14.9. The highest BCUT2D eigenvalue weighted by Crippen LogP contribution is 2.38. The summed E-state index contributed by atoms with van der Waals surface area (Å²) in [6.45, 7) is 2.69. The van der Waals surface area contributed by atoms with Gasteiger partial charge in [0.25, 0.3) is 0 Å². The van der Waals surface area contributed by atoms with Crippen molar-refractivity contribution in [3.05, 3.63) is 35.4 Å². The Balaban J connectivity index is 1.63. The Hall–Kier alpha value is -1.49. The number of rotatable bonds is 2. The fraction of sp³-hybridized carbons (Fsp3) is 0.562. The number of amides is 1. The van der Waals surface area contributed by atoms with Gasteiger partial charge in [0.2, 0.25) is 5.91 Å². The van der Waals surface area contributed by atoms with E-state index in [2.05, 4.69) is 10.2 Å². The lowest BCUT2D eigenvalue weighted by atomic mass is 9.72. The van der Waals surface area contributed by atoms with Crippen LogP contribution in [0.5, 0.6) is 0 Å². The van der Waals surface area contributed by atoms with E-state index in [0.29, 0.717) is 12.1 Å². The maximum Gasteiger partial charge on any atom is 0.226 e. The number of hydrogen-bond acceptors (Lipinski definition) is 2. The molecule has 3 rings (SSSR count). The van der Waals surface area contributed by atoms with Crippen LogP contribution < -0.4 is 5.32 Å². The Labute approximate surface area is 123 Å². The zero-order valence-corrected chi connectivity index (χ0v) is 12.0. The maximum absolute atomic E-state index is 13.7. The van der Waals surface area contributed by atoms with Crippen LogP contribution in [0.1, 0.15) is 31.2 Å². The van der Waals surface area contributed by atoms with Gasteiger partial charge >= 0.3 is 0 Å². The second kappa shape index (κ2) is 5.72. The SMILES string of the molecule is O=C1NCCCC12CCN(Cc1cccc(F)c1F)CC2. The molecule has 1 N–H and O–H groups in total. The van der Waals surface area contributed by atoms with Crippen LogP contribution in [0.3, 0.4) is 0 Å². The summed E-state index contributed by atoms with van der Waals surface area (Å²) in [5.41, 5.74) is 0.161. The Bertz CT molecular complexity index is 539. The highest BCUT2D eigenvalue weighted by atomic mass is 19.2. The molecule has 0 saturated carbocycles. The highest BCUT2D eigenvalue weighted by Gasteiger charge is 2.42. The van der Waals surface area contributed by atoms with Gasteiger partial charge in [0.05, 0.1) is 5.41 Å². The van der Waals surface area contributed by atoms with E-state index in [-0.39, 0.29) is 11.3 Å². The standard InChI is InChI=1S/C16H20F2N2O/c17-13-4-1-3-12(14(13)18)11-20-9-6-16(7-10-20)5-2-8-19-15(16)21/h1,3-4H,2,5-11H2,(H,19,21). The summed E-state index contributed by atoms with van der Waals surface area (Å²) in [4.78, 5) is 14.2. The van der Waals surface area contributed by atoms with Crippen LogP contribution in [0.4, 0.5) is 8.78 Å². The van der Waals surface area contributed by atoms with Gasteiger partial charge in [0.15, 0.2) is 11.6 Å². The first-order chi connectivity index (χ1) is 10.1. The average Bonchev–Trinajstić information content (AvgIpc) is 2.49. The Morgan fingerprint density at radius 1 is 1.19 bits per heavy atom. The molecule has 0 bridgehead atoms. The predicted octanol–water partition coefficient (Wildman–Crippen LogP) is 2.46. The molecule has 0 atom stereocenters. The smallest absolute Gasteiger partial charge is 0.226 e. The number of piperidine rings is 2. The third-order valence-electron chi connectivity index (χ3n) is 4.84. The van der Waals surface area contributed by atoms with Crippen molar-refractivity contribution in [1.29, 1.82) is 0 Å². The number of halogens is 2. The van der Waals surface area contributed by atoms with Crippen LogP contribution in [0.25, 0.3) is 0 Å². The van der Waals surface area contributed by atoms with Gasteiger partial charge in [-0.3, -0.25) is 9.69 Å². The molecule has 3 nitrogen and oxygen atoms in total. The van der Waals surface area contributed by atoms with E-state index >= 15 is 0 Å². The van der Waals surface area contributed by atoms with Crippen LogP contribution in [0.2, 0.25) is 0 Å². The second-order valence-corrected chi connectivity index (χ2v) is 6.13. The van der Waals surface area contributed by atoms with Crippen molar-refractivity contribution in [2.45, 2.75) is 32.2 Å². The van der Waals surface area contributed by atoms with Gasteiger partial charge < -0.3 is 5.32 Å². The zero-order valence-electron chi connectivity index (χ0n) is 12.0. The summed E-state index contributed by atoms with van der Waals surface area (Å²) in [5.74, 6) is -1.38. The normalized spacial score (nSPS) is 22.3. The largest absolute Gasteiger partial charge is 0.356 e. The lowest BCUT2D eigenvalue weighted by Gasteiger charge is -2.42. The molecule has 1 amide bonds. The van der Waals surface area contributed by atoms with E-state index in [0.717, 1.165) is 51.4 Å². The number of carbonyl (C=O) groups excluding carboxylic acids is 1. The van der Waals surface area contributed by atoms with Crippen LogP contribution in [-0.2, 0) is 11.3 Å². The number of benzene rings is 1. The topological polar surface area (TPSA) is 32.3 Å². The molecule has 0 aromatic heterocycles. The lowest BCUT2D eigenvalue weighted by Crippen LogP contribution is -2.51. The van der Waals surface area contributed by atoms with Crippen molar-refractivity contribution >= 4 is 5.91 Å². The summed E-state index contributed by atoms with van der Waals surface area (Å²) in [5, 5.41) is 2.96. The molecule has 114 valence electrons.